The summed E-state index contributed by atoms with van der Waals surface area (Å²) in [4.78, 5) is 13.1. The van der Waals surface area contributed by atoms with Crippen LogP contribution in [-0.2, 0) is 0 Å². The zero-order valence-electron chi connectivity index (χ0n) is 15.2. The van der Waals surface area contributed by atoms with Crippen molar-refractivity contribution in [3.8, 4) is 17.2 Å². The Bertz CT molecular complexity index is 1080. The van der Waals surface area contributed by atoms with Gasteiger partial charge in [-0.2, -0.15) is 0 Å². The highest BCUT2D eigenvalue weighted by molar-refractivity contribution is 7.73. The van der Waals surface area contributed by atoms with Crippen molar-refractivity contribution in [3.05, 3.63) is 56.3 Å². The predicted molar refractivity (Wildman–Crippen MR) is 116 cm³/mol. The maximum Gasteiger partial charge on any atom is 0.269 e. The molecular formula is C19H18ClN3O3S2. The monoisotopic (exact) mass is 435 g/mol. The Morgan fingerprint density at radius 3 is 2.75 bits per heavy atom. The van der Waals surface area contributed by atoms with E-state index in [1.54, 1.807) is 34.9 Å². The van der Waals surface area contributed by atoms with Crippen molar-refractivity contribution in [2.45, 2.75) is 6.92 Å². The van der Waals surface area contributed by atoms with Gasteiger partial charge in [0.15, 0.2) is 3.95 Å². The fraction of sp³-hybridized carbons (Fsp3) is 0.158. The molecule has 3 rings (SSSR count). The van der Waals surface area contributed by atoms with Crippen molar-refractivity contribution in [1.82, 2.24) is 4.57 Å². The Morgan fingerprint density at radius 1 is 1.29 bits per heavy atom. The topological polar surface area (TPSA) is 78.5 Å². The molecule has 6 nitrogen and oxygen atoms in total. The molecule has 0 atom stereocenters. The number of carbonyl (C=O) groups is 1. The van der Waals surface area contributed by atoms with Gasteiger partial charge in [0, 0.05) is 5.02 Å². The molecule has 0 aliphatic heterocycles. The average Bonchev–Trinajstić information content (AvgIpc) is 2.97. The summed E-state index contributed by atoms with van der Waals surface area (Å²) in [6.07, 6.45) is 0. The van der Waals surface area contributed by atoms with Crippen LogP contribution in [0.25, 0.3) is 5.69 Å². The number of nitrogen functional groups attached to an aromatic ring is 1. The highest BCUT2D eigenvalue weighted by Crippen LogP contribution is 2.34. The molecule has 1 amide bonds. The molecule has 0 unspecified atom stereocenters. The largest absolute Gasteiger partial charge is 0.495 e. The van der Waals surface area contributed by atoms with Crippen LogP contribution in [0.2, 0.25) is 5.02 Å². The average molecular weight is 436 g/mol. The van der Waals surface area contributed by atoms with E-state index in [1.165, 1.54) is 7.11 Å². The molecule has 0 radical (unpaired) electrons. The number of para-hydroxylation sites is 2. The molecule has 0 bridgehead atoms. The minimum atomic E-state index is -0.375. The summed E-state index contributed by atoms with van der Waals surface area (Å²) >= 11 is 12.7. The summed E-state index contributed by atoms with van der Waals surface area (Å²) in [7, 11) is 1.54. The summed E-state index contributed by atoms with van der Waals surface area (Å²) < 4.78 is 12.9. The number of aromatic nitrogens is 1. The molecule has 28 heavy (non-hydrogen) atoms. The number of carbonyl (C=O) groups excluding carboxylic acids is 1. The highest BCUT2D eigenvalue weighted by atomic mass is 35.5. The first-order chi connectivity index (χ1) is 13.5. The summed E-state index contributed by atoms with van der Waals surface area (Å²) in [5, 5.41) is 3.33. The van der Waals surface area contributed by atoms with Crippen molar-refractivity contribution in [2.24, 2.45) is 0 Å². The van der Waals surface area contributed by atoms with Crippen LogP contribution in [0.1, 0.15) is 16.6 Å². The molecule has 0 fully saturated rings. The van der Waals surface area contributed by atoms with Gasteiger partial charge in [-0.15, -0.1) is 0 Å². The number of nitrogens with zero attached hydrogens (tertiary/aromatic N) is 1. The highest BCUT2D eigenvalue weighted by Gasteiger charge is 2.21. The quantitative estimate of drug-likeness (QED) is 0.522. The van der Waals surface area contributed by atoms with Gasteiger partial charge < -0.3 is 20.5 Å². The number of anilines is 2. The molecule has 0 aliphatic rings. The number of hydrogen-bond donors (Lipinski definition) is 2. The number of thiazole rings is 1. The Morgan fingerprint density at radius 2 is 2.04 bits per heavy atom. The first kappa shape index (κ1) is 20.2. The van der Waals surface area contributed by atoms with Gasteiger partial charge in [-0.1, -0.05) is 35.1 Å². The zero-order valence-corrected chi connectivity index (χ0v) is 17.6. The molecule has 0 saturated heterocycles. The molecule has 0 saturated carbocycles. The van der Waals surface area contributed by atoms with Gasteiger partial charge in [0.2, 0.25) is 0 Å². The van der Waals surface area contributed by atoms with E-state index in [-0.39, 0.29) is 11.7 Å². The van der Waals surface area contributed by atoms with E-state index in [4.69, 9.17) is 39.0 Å². The number of ether oxygens (including phenoxy) is 2. The molecule has 3 aromatic rings. The van der Waals surface area contributed by atoms with Gasteiger partial charge in [0.25, 0.3) is 5.91 Å². The van der Waals surface area contributed by atoms with E-state index in [2.05, 4.69) is 5.32 Å². The van der Waals surface area contributed by atoms with E-state index in [0.717, 1.165) is 11.3 Å². The van der Waals surface area contributed by atoms with E-state index in [1.807, 2.05) is 19.1 Å². The van der Waals surface area contributed by atoms with Crippen molar-refractivity contribution < 1.29 is 14.3 Å². The normalized spacial score (nSPS) is 10.5. The van der Waals surface area contributed by atoms with Crippen LogP contribution in [0.3, 0.4) is 0 Å². The summed E-state index contributed by atoms with van der Waals surface area (Å²) in [5.41, 5.74) is 7.40. The van der Waals surface area contributed by atoms with Crippen molar-refractivity contribution in [2.75, 3.05) is 24.8 Å². The maximum absolute atomic E-state index is 12.9. The van der Waals surface area contributed by atoms with E-state index in [0.29, 0.717) is 43.3 Å². The van der Waals surface area contributed by atoms with Gasteiger partial charge in [0.05, 0.1) is 25.1 Å². The number of hydrogen-bond acceptors (Lipinski definition) is 6. The number of benzene rings is 2. The summed E-state index contributed by atoms with van der Waals surface area (Å²) in [6, 6.07) is 12.3. The summed E-state index contributed by atoms with van der Waals surface area (Å²) in [6.45, 7) is 2.36. The third kappa shape index (κ3) is 3.99. The number of nitrogens with two attached hydrogens (primary N) is 1. The van der Waals surface area contributed by atoms with Crippen LogP contribution in [0, 0.1) is 3.95 Å². The first-order valence-electron chi connectivity index (χ1n) is 8.34. The molecule has 2 aromatic carbocycles. The van der Waals surface area contributed by atoms with Gasteiger partial charge >= 0.3 is 0 Å². The van der Waals surface area contributed by atoms with Crippen LogP contribution in [0.5, 0.6) is 11.5 Å². The number of halogens is 1. The Kier molecular flexibility index (Phi) is 6.23. The number of nitrogens with one attached hydrogen (secondary N) is 1. The van der Waals surface area contributed by atoms with Crippen LogP contribution in [0.15, 0.2) is 42.5 Å². The van der Waals surface area contributed by atoms with Crippen LogP contribution in [0.4, 0.5) is 11.5 Å². The van der Waals surface area contributed by atoms with Crippen LogP contribution in [-0.4, -0.2) is 24.2 Å². The Balaban J connectivity index is 2.00. The maximum atomic E-state index is 12.9. The lowest BCUT2D eigenvalue weighted by atomic mass is 10.2. The van der Waals surface area contributed by atoms with Gasteiger partial charge in [0.1, 0.15) is 22.2 Å². The number of methoxy groups -OCH3 is 1. The second-order valence-electron chi connectivity index (χ2n) is 5.62. The van der Waals surface area contributed by atoms with E-state index in [9.17, 15) is 4.79 Å². The Labute approximate surface area is 176 Å². The van der Waals surface area contributed by atoms with Gasteiger partial charge in [-0.25, -0.2) is 0 Å². The smallest absolute Gasteiger partial charge is 0.269 e. The lowest BCUT2D eigenvalue weighted by Gasteiger charge is -2.12. The lowest BCUT2D eigenvalue weighted by Crippen LogP contribution is -2.14. The fourth-order valence-electron chi connectivity index (χ4n) is 2.64. The zero-order chi connectivity index (χ0) is 20.3. The van der Waals surface area contributed by atoms with Gasteiger partial charge in [-0.05, 0) is 49.5 Å². The first-order valence-corrected chi connectivity index (χ1v) is 9.95. The number of amides is 1. The second-order valence-corrected chi connectivity index (χ2v) is 7.70. The molecule has 0 spiro atoms. The predicted octanol–water partition coefficient (Wildman–Crippen LogP) is 5.16. The summed E-state index contributed by atoms with van der Waals surface area (Å²) in [5.74, 6) is 0.956. The standard InChI is InChI=1S/C19H18ClN3O3S2/c1-3-26-14-7-5-4-6-12(14)22-18(24)16-17(21)23(19(27)28-16)13-10-11(20)8-9-15(13)25-2/h4-10H,3,21H2,1-2H3,(H,22,24). The molecular weight excluding hydrogens is 418 g/mol. The second kappa shape index (κ2) is 8.64. The molecule has 3 N–H and O–H groups in total. The van der Waals surface area contributed by atoms with Crippen molar-refractivity contribution >= 4 is 52.6 Å². The van der Waals surface area contributed by atoms with E-state index < -0.39 is 0 Å². The minimum absolute atomic E-state index is 0.210. The minimum Gasteiger partial charge on any atom is -0.495 e. The SMILES string of the molecule is CCOc1ccccc1NC(=O)c1sc(=S)n(-c2cc(Cl)ccc2OC)c1N. The van der Waals surface area contributed by atoms with Crippen molar-refractivity contribution in [3.63, 3.8) is 0 Å². The lowest BCUT2D eigenvalue weighted by molar-refractivity contribution is 0.103. The molecule has 146 valence electrons. The molecule has 9 heteroatoms. The molecule has 1 heterocycles. The van der Waals surface area contributed by atoms with Gasteiger partial charge in [-0.3, -0.25) is 9.36 Å². The fourth-order valence-corrected chi connectivity index (χ4v) is 4.06. The van der Waals surface area contributed by atoms with Crippen LogP contribution >= 0.6 is 35.2 Å². The molecule has 0 aliphatic carbocycles. The number of rotatable bonds is 6. The third-order valence-corrected chi connectivity index (χ3v) is 5.49. The van der Waals surface area contributed by atoms with Crippen LogP contribution < -0.4 is 20.5 Å². The Hall–Kier alpha value is -2.55. The third-order valence-electron chi connectivity index (χ3n) is 3.87. The van der Waals surface area contributed by atoms with Crippen molar-refractivity contribution in [1.29, 1.82) is 0 Å². The van der Waals surface area contributed by atoms with E-state index >= 15 is 0 Å². The molecule has 1 aromatic heterocycles.